The molecule has 1 atom stereocenters. The fourth-order valence-corrected chi connectivity index (χ4v) is 4.81. The van der Waals surface area contributed by atoms with Crippen LogP contribution in [-0.2, 0) is 14.3 Å². The molecular weight excluding hydrogens is 560 g/mol. The molecule has 4 N–H and O–H groups in total. The molecule has 1 saturated heterocycles. The van der Waals surface area contributed by atoms with Crippen molar-refractivity contribution in [2.75, 3.05) is 36.5 Å². The van der Waals surface area contributed by atoms with Gasteiger partial charge in [0.1, 0.15) is 12.6 Å². The molecule has 4 rings (SSSR count). The smallest absolute Gasteiger partial charge is 0.387 e. The molecule has 1 aliphatic carbocycles. The first-order valence-corrected chi connectivity index (χ1v) is 13.3. The van der Waals surface area contributed by atoms with Crippen LogP contribution in [0.2, 0.25) is 4.34 Å². The molecule has 1 saturated carbocycles. The van der Waals surface area contributed by atoms with Crippen molar-refractivity contribution < 1.29 is 37.4 Å². The molecular formula is C24H26ClF2N5O6S. The first-order chi connectivity index (χ1) is 18.7. The van der Waals surface area contributed by atoms with E-state index in [9.17, 15) is 28.0 Å². The summed E-state index contributed by atoms with van der Waals surface area (Å²) in [6.07, 6.45) is 2.60. The van der Waals surface area contributed by atoms with E-state index < -0.39 is 30.5 Å². The molecule has 210 valence electrons. The van der Waals surface area contributed by atoms with Gasteiger partial charge in [-0.25, -0.2) is 4.79 Å². The lowest BCUT2D eigenvalue weighted by atomic mass is 9.93. The van der Waals surface area contributed by atoms with Crippen molar-refractivity contribution in [2.45, 2.75) is 38.0 Å². The number of alkyl halides is 2. The van der Waals surface area contributed by atoms with E-state index in [0.717, 1.165) is 30.6 Å². The van der Waals surface area contributed by atoms with Gasteiger partial charge in [-0.2, -0.15) is 8.78 Å². The van der Waals surface area contributed by atoms with E-state index >= 15 is 0 Å². The van der Waals surface area contributed by atoms with Crippen molar-refractivity contribution >= 4 is 58.1 Å². The lowest BCUT2D eigenvalue weighted by Gasteiger charge is -2.28. The number of anilines is 2. The molecule has 2 aliphatic rings. The van der Waals surface area contributed by atoms with Crippen LogP contribution >= 0.6 is 22.9 Å². The summed E-state index contributed by atoms with van der Waals surface area (Å²) in [7, 11) is 0. The minimum absolute atomic E-state index is 0.0157. The van der Waals surface area contributed by atoms with E-state index in [-0.39, 0.29) is 55.4 Å². The van der Waals surface area contributed by atoms with Gasteiger partial charge in [0, 0.05) is 30.9 Å². The predicted octanol–water partition coefficient (Wildman–Crippen LogP) is 2.95. The van der Waals surface area contributed by atoms with Crippen molar-refractivity contribution in [1.82, 2.24) is 16.0 Å². The third-order valence-corrected chi connectivity index (χ3v) is 7.29. The van der Waals surface area contributed by atoms with Gasteiger partial charge in [0.15, 0.2) is 5.75 Å². The summed E-state index contributed by atoms with van der Waals surface area (Å²) < 4.78 is 36.5. The van der Waals surface area contributed by atoms with Crippen molar-refractivity contribution in [1.29, 1.82) is 0 Å². The molecule has 0 radical (unpaired) electrons. The molecule has 11 nitrogen and oxygen atoms in total. The number of carbonyl (C=O) groups is 4. The second-order valence-corrected chi connectivity index (χ2v) is 10.5. The van der Waals surface area contributed by atoms with Crippen LogP contribution in [0.4, 0.5) is 25.0 Å². The second kappa shape index (κ2) is 13.0. The Morgan fingerprint density at radius 1 is 1.21 bits per heavy atom. The molecule has 2 heterocycles. The van der Waals surface area contributed by atoms with Crippen LogP contribution in [0.15, 0.2) is 30.3 Å². The van der Waals surface area contributed by atoms with Crippen LogP contribution in [0.3, 0.4) is 0 Å². The minimum atomic E-state index is -3.21. The number of urea groups is 1. The van der Waals surface area contributed by atoms with Gasteiger partial charge in [0.05, 0.1) is 21.5 Å². The van der Waals surface area contributed by atoms with Crippen molar-refractivity contribution in [3.63, 3.8) is 0 Å². The van der Waals surface area contributed by atoms with Gasteiger partial charge in [-0.1, -0.05) is 11.6 Å². The molecule has 1 aromatic heterocycles. The quantitative estimate of drug-likeness (QED) is 0.338. The average molecular weight is 586 g/mol. The number of carbonyl (C=O) groups excluding carboxylic acids is 4. The number of thiophene rings is 1. The normalized spacial score (nSPS) is 16.3. The largest absolute Gasteiger partial charge is 0.433 e. The number of ether oxygens (including phenoxy) is 2. The van der Waals surface area contributed by atoms with Crippen molar-refractivity contribution in [3.8, 4) is 5.75 Å². The molecule has 15 heteroatoms. The molecule has 0 unspecified atom stereocenters. The van der Waals surface area contributed by atoms with E-state index in [1.807, 2.05) is 0 Å². The lowest BCUT2D eigenvalue weighted by Crippen LogP contribution is -2.55. The summed E-state index contributed by atoms with van der Waals surface area (Å²) >= 11 is 6.92. The zero-order valence-corrected chi connectivity index (χ0v) is 22.1. The first kappa shape index (κ1) is 28.5. The number of morpholine rings is 1. The first-order valence-electron chi connectivity index (χ1n) is 12.1. The van der Waals surface area contributed by atoms with Crippen LogP contribution in [0, 0.1) is 0 Å². The number of benzene rings is 1. The Hall–Kier alpha value is -3.49. The summed E-state index contributed by atoms with van der Waals surface area (Å²) in [5, 5.41) is 10.3. The number of hydrogen-bond donors (Lipinski definition) is 4. The van der Waals surface area contributed by atoms with E-state index in [0.29, 0.717) is 9.21 Å². The average Bonchev–Trinajstić information content (AvgIpc) is 3.31. The summed E-state index contributed by atoms with van der Waals surface area (Å²) in [4.78, 5) is 52.0. The Labute approximate surface area is 231 Å². The standard InChI is InChI=1S/C24H26ClF2N5O6S/c25-19-7-6-18(39-19)22(35)28-11-16(31-24(36)29-13-2-1-3-13)21(34)30-15-5-4-14(10-17(15)38-23(26)27)32-8-9-37-12-20(32)33/h4-7,10,13,16,23H,1-3,8-9,11-12H2,(H,28,35)(H,30,34)(H2,29,31,36)/t16-/m0/s1. The molecule has 5 amide bonds. The van der Waals surface area contributed by atoms with Gasteiger partial charge < -0.3 is 35.6 Å². The summed E-state index contributed by atoms with van der Waals surface area (Å²) in [6.45, 7) is -3.17. The predicted molar refractivity (Wildman–Crippen MR) is 140 cm³/mol. The highest BCUT2D eigenvalue weighted by atomic mass is 35.5. The highest BCUT2D eigenvalue weighted by molar-refractivity contribution is 7.18. The van der Waals surface area contributed by atoms with Crippen molar-refractivity contribution in [2.24, 2.45) is 0 Å². The number of rotatable bonds is 10. The molecule has 2 fully saturated rings. The second-order valence-electron chi connectivity index (χ2n) is 8.76. The number of nitrogens with one attached hydrogen (secondary N) is 4. The number of halogens is 3. The van der Waals surface area contributed by atoms with Crippen LogP contribution in [0.25, 0.3) is 0 Å². The SMILES string of the molecule is O=C(NC1CCC1)N[C@@H](CNC(=O)c1ccc(Cl)s1)C(=O)Nc1ccc(N2CCOCC2=O)cc1OC(F)F. The molecule has 0 bridgehead atoms. The Bertz CT molecular complexity index is 1230. The lowest BCUT2D eigenvalue weighted by molar-refractivity contribution is -0.125. The third kappa shape index (κ3) is 7.77. The van der Waals surface area contributed by atoms with Crippen molar-refractivity contribution in [3.05, 3.63) is 39.5 Å². The van der Waals surface area contributed by atoms with Crippen LogP contribution in [0.1, 0.15) is 28.9 Å². The van der Waals surface area contributed by atoms with Gasteiger partial charge >= 0.3 is 12.6 Å². The summed E-state index contributed by atoms with van der Waals surface area (Å²) in [5.41, 5.74) is 0.167. The van der Waals surface area contributed by atoms with E-state index in [2.05, 4.69) is 26.0 Å². The minimum Gasteiger partial charge on any atom is -0.433 e. The topological polar surface area (TPSA) is 138 Å². The van der Waals surface area contributed by atoms with Crippen LogP contribution in [-0.4, -0.2) is 68.8 Å². The maximum atomic E-state index is 13.2. The molecule has 2 aromatic rings. The maximum absolute atomic E-state index is 13.2. The Morgan fingerprint density at radius 3 is 2.64 bits per heavy atom. The molecule has 39 heavy (non-hydrogen) atoms. The Balaban J connectivity index is 1.50. The summed E-state index contributed by atoms with van der Waals surface area (Å²) in [5.74, 6) is -2.04. The molecule has 1 aromatic carbocycles. The maximum Gasteiger partial charge on any atom is 0.387 e. The van der Waals surface area contributed by atoms with E-state index in [1.165, 1.54) is 29.2 Å². The third-order valence-electron chi connectivity index (χ3n) is 6.06. The fraction of sp³-hybridized carbons (Fsp3) is 0.417. The Morgan fingerprint density at radius 2 is 2.00 bits per heavy atom. The van der Waals surface area contributed by atoms with E-state index in [1.54, 1.807) is 6.07 Å². The highest BCUT2D eigenvalue weighted by Crippen LogP contribution is 2.32. The van der Waals surface area contributed by atoms with Crippen LogP contribution in [0.5, 0.6) is 5.75 Å². The zero-order chi connectivity index (χ0) is 27.9. The number of hydrogen-bond acceptors (Lipinski definition) is 7. The highest BCUT2D eigenvalue weighted by Gasteiger charge is 2.27. The fourth-order valence-electron chi connectivity index (χ4n) is 3.85. The molecule has 0 spiro atoms. The van der Waals surface area contributed by atoms with Gasteiger partial charge in [-0.3, -0.25) is 14.4 Å². The number of nitrogens with zero attached hydrogens (tertiary/aromatic N) is 1. The van der Waals surface area contributed by atoms with Gasteiger partial charge in [0.25, 0.3) is 11.8 Å². The monoisotopic (exact) mass is 585 g/mol. The zero-order valence-electron chi connectivity index (χ0n) is 20.5. The number of amides is 5. The van der Waals surface area contributed by atoms with Gasteiger partial charge in [0.2, 0.25) is 5.91 Å². The van der Waals surface area contributed by atoms with Gasteiger partial charge in [-0.15, -0.1) is 11.3 Å². The van der Waals surface area contributed by atoms with Gasteiger partial charge in [-0.05, 0) is 43.5 Å². The van der Waals surface area contributed by atoms with Crippen LogP contribution < -0.4 is 30.9 Å². The Kier molecular flexibility index (Phi) is 9.54. The molecule has 1 aliphatic heterocycles. The summed E-state index contributed by atoms with van der Waals surface area (Å²) in [6, 6.07) is 5.15. The van der Waals surface area contributed by atoms with E-state index in [4.69, 9.17) is 16.3 Å².